The lowest BCUT2D eigenvalue weighted by molar-refractivity contribution is -0.122. The van der Waals surface area contributed by atoms with E-state index in [0.29, 0.717) is 31.6 Å². The van der Waals surface area contributed by atoms with E-state index in [-0.39, 0.29) is 17.4 Å². The van der Waals surface area contributed by atoms with Crippen molar-refractivity contribution in [3.63, 3.8) is 0 Å². The van der Waals surface area contributed by atoms with E-state index in [9.17, 15) is 31.2 Å². The minimum atomic E-state index is -5.46. The normalized spacial score (nSPS) is 15.5. The first-order valence-corrected chi connectivity index (χ1v) is 10.8. The van der Waals surface area contributed by atoms with Crippen LogP contribution in [0.5, 0.6) is 0 Å². The molecule has 3 rings (SSSR count). The van der Waals surface area contributed by atoms with E-state index in [4.69, 9.17) is 5.73 Å². The molecule has 0 saturated carbocycles. The van der Waals surface area contributed by atoms with Crippen LogP contribution >= 0.6 is 0 Å². The van der Waals surface area contributed by atoms with Crippen molar-refractivity contribution < 1.29 is 31.2 Å². The molecule has 1 aliphatic heterocycles. The minimum Gasteiger partial charge on any atom is -0.371 e. The summed E-state index contributed by atoms with van der Waals surface area (Å²) >= 11 is 0. The Morgan fingerprint density at radius 3 is 2.00 bits per heavy atom. The second-order valence-corrected chi connectivity index (χ2v) is 9.08. The Balaban J connectivity index is 1.63. The molecule has 1 fully saturated rings. The first kappa shape index (κ1) is 22.6. The van der Waals surface area contributed by atoms with E-state index in [1.165, 1.54) is 0 Å². The van der Waals surface area contributed by atoms with E-state index in [0.717, 1.165) is 30.0 Å². The Bertz CT molecular complexity index is 1060. The van der Waals surface area contributed by atoms with Crippen molar-refractivity contribution in [1.29, 1.82) is 0 Å². The smallest absolute Gasteiger partial charge is 0.371 e. The van der Waals surface area contributed by atoms with Crippen LogP contribution in [0, 0.1) is 5.92 Å². The summed E-state index contributed by atoms with van der Waals surface area (Å²) < 4.78 is 60.6. The maximum absolute atomic E-state index is 12.6. The molecule has 0 bridgehead atoms. The number of primary amides is 1. The first-order valence-electron chi connectivity index (χ1n) is 9.36. The van der Waals surface area contributed by atoms with Crippen molar-refractivity contribution in [2.24, 2.45) is 11.7 Å². The molecule has 0 atom stereocenters. The van der Waals surface area contributed by atoms with Crippen LogP contribution in [0.15, 0.2) is 53.4 Å². The molecule has 1 aliphatic rings. The number of carbonyl (C=O) groups is 2. The van der Waals surface area contributed by atoms with Crippen LogP contribution in [-0.2, 0) is 14.6 Å². The van der Waals surface area contributed by atoms with Gasteiger partial charge in [0.15, 0.2) is 0 Å². The van der Waals surface area contributed by atoms with E-state index < -0.39 is 26.1 Å². The SMILES string of the molecule is NC(=O)C1CCN(c2ccc(NC(=O)c3ccc(S(=O)(=O)C(F)(F)F)cc3)cc2)CC1. The van der Waals surface area contributed by atoms with Crippen molar-refractivity contribution in [2.45, 2.75) is 23.2 Å². The fourth-order valence-electron chi connectivity index (χ4n) is 3.30. The van der Waals surface area contributed by atoms with Gasteiger partial charge in [0.05, 0.1) is 4.90 Å². The third kappa shape index (κ3) is 4.98. The monoisotopic (exact) mass is 455 g/mol. The van der Waals surface area contributed by atoms with Crippen LogP contribution in [0.1, 0.15) is 23.2 Å². The minimum absolute atomic E-state index is 0.0127. The molecule has 3 N–H and O–H groups in total. The lowest BCUT2D eigenvalue weighted by Crippen LogP contribution is -2.38. The van der Waals surface area contributed by atoms with Gasteiger partial charge in [-0.15, -0.1) is 0 Å². The predicted octanol–water partition coefficient (Wildman–Crippen LogP) is 2.93. The molecular weight excluding hydrogens is 435 g/mol. The number of hydrogen-bond donors (Lipinski definition) is 2. The number of amides is 2. The van der Waals surface area contributed by atoms with Crippen molar-refractivity contribution >= 4 is 33.0 Å². The van der Waals surface area contributed by atoms with E-state index in [1.807, 2.05) is 0 Å². The van der Waals surface area contributed by atoms with Crippen LogP contribution in [0.2, 0.25) is 0 Å². The second kappa shape index (κ2) is 8.58. The van der Waals surface area contributed by atoms with E-state index >= 15 is 0 Å². The van der Waals surface area contributed by atoms with Gasteiger partial charge in [0.25, 0.3) is 15.7 Å². The highest BCUT2D eigenvalue weighted by Crippen LogP contribution is 2.30. The van der Waals surface area contributed by atoms with Crippen molar-refractivity contribution in [3.8, 4) is 0 Å². The van der Waals surface area contributed by atoms with Crippen LogP contribution in [0.4, 0.5) is 24.5 Å². The van der Waals surface area contributed by atoms with Crippen molar-refractivity contribution in [1.82, 2.24) is 0 Å². The molecule has 7 nitrogen and oxygen atoms in total. The highest BCUT2D eigenvalue weighted by atomic mass is 32.2. The zero-order chi connectivity index (χ0) is 22.8. The lowest BCUT2D eigenvalue weighted by atomic mass is 9.96. The zero-order valence-electron chi connectivity index (χ0n) is 16.2. The Labute approximate surface area is 176 Å². The van der Waals surface area contributed by atoms with Crippen LogP contribution in [-0.4, -0.2) is 38.8 Å². The number of nitrogens with zero attached hydrogens (tertiary/aromatic N) is 1. The summed E-state index contributed by atoms with van der Waals surface area (Å²) in [7, 11) is -5.46. The number of nitrogens with two attached hydrogens (primary N) is 1. The predicted molar refractivity (Wildman–Crippen MR) is 108 cm³/mol. The fraction of sp³-hybridized carbons (Fsp3) is 0.300. The molecule has 0 aliphatic carbocycles. The summed E-state index contributed by atoms with van der Waals surface area (Å²) in [5.41, 5.74) is 1.32. The van der Waals surface area contributed by atoms with Crippen LogP contribution in [0.25, 0.3) is 0 Å². The van der Waals surface area contributed by atoms with Crippen molar-refractivity contribution in [2.75, 3.05) is 23.3 Å². The third-order valence-corrected chi connectivity index (χ3v) is 6.62. The summed E-state index contributed by atoms with van der Waals surface area (Å²) in [5.74, 6) is -1.000. The number of carbonyl (C=O) groups excluding carboxylic acids is 2. The molecule has 11 heteroatoms. The zero-order valence-corrected chi connectivity index (χ0v) is 17.0. The Hall–Kier alpha value is -3.08. The van der Waals surface area contributed by atoms with Crippen LogP contribution in [0.3, 0.4) is 0 Å². The number of nitrogens with one attached hydrogen (secondary N) is 1. The number of hydrogen-bond acceptors (Lipinski definition) is 5. The molecule has 2 aromatic rings. The lowest BCUT2D eigenvalue weighted by Gasteiger charge is -2.32. The van der Waals surface area contributed by atoms with Gasteiger partial charge in [0.2, 0.25) is 5.91 Å². The van der Waals surface area contributed by atoms with Gasteiger partial charge in [0.1, 0.15) is 0 Å². The molecule has 2 amide bonds. The number of rotatable bonds is 5. The van der Waals surface area contributed by atoms with Crippen molar-refractivity contribution in [3.05, 3.63) is 54.1 Å². The highest BCUT2D eigenvalue weighted by Gasteiger charge is 2.46. The van der Waals surface area contributed by atoms with Gasteiger partial charge in [-0.1, -0.05) is 0 Å². The third-order valence-electron chi connectivity index (χ3n) is 5.12. The highest BCUT2D eigenvalue weighted by molar-refractivity contribution is 7.92. The molecule has 0 spiro atoms. The standard InChI is InChI=1S/C20H20F3N3O4S/c21-20(22,23)31(29,30)17-7-1-14(2-8-17)19(28)25-15-3-5-16(6-4-15)26-11-9-13(10-12-26)18(24)27/h1-8,13H,9-12H2,(H2,24,27)(H,25,28). The maximum Gasteiger partial charge on any atom is 0.501 e. The van der Waals surface area contributed by atoms with Gasteiger partial charge in [-0.25, -0.2) is 8.42 Å². The molecule has 2 aromatic carbocycles. The topological polar surface area (TPSA) is 110 Å². The summed E-state index contributed by atoms with van der Waals surface area (Å²) in [5, 5.41) is 2.61. The number of anilines is 2. The van der Waals surface area contributed by atoms with Crippen LogP contribution < -0.4 is 16.0 Å². The molecule has 1 heterocycles. The average Bonchev–Trinajstić information content (AvgIpc) is 2.73. The molecule has 31 heavy (non-hydrogen) atoms. The molecule has 1 saturated heterocycles. The Morgan fingerprint density at radius 2 is 1.52 bits per heavy atom. The number of sulfone groups is 1. The molecule has 0 radical (unpaired) electrons. The van der Waals surface area contributed by atoms with Gasteiger partial charge in [-0.05, 0) is 61.4 Å². The van der Waals surface area contributed by atoms with Gasteiger partial charge in [-0.2, -0.15) is 13.2 Å². The first-order chi connectivity index (χ1) is 14.5. The Morgan fingerprint density at radius 1 is 0.968 bits per heavy atom. The van der Waals surface area contributed by atoms with Gasteiger partial charge in [0, 0.05) is 35.9 Å². The number of piperidine rings is 1. The summed E-state index contributed by atoms with van der Waals surface area (Å²) in [4.78, 5) is 24.8. The van der Waals surface area contributed by atoms with E-state index in [1.54, 1.807) is 24.3 Å². The van der Waals surface area contributed by atoms with Gasteiger partial charge >= 0.3 is 5.51 Å². The number of benzene rings is 2. The average molecular weight is 455 g/mol. The molecule has 0 aromatic heterocycles. The second-order valence-electron chi connectivity index (χ2n) is 7.14. The molecule has 166 valence electrons. The quantitative estimate of drug-likeness (QED) is 0.721. The van der Waals surface area contributed by atoms with E-state index in [2.05, 4.69) is 10.2 Å². The summed E-state index contributed by atoms with van der Waals surface area (Å²) in [6, 6.07) is 10.5. The largest absolute Gasteiger partial charge is 0.501 e. The molecule has 0 unspecified atom stereocenters. The summed E-state index contributed by atoms with van der Waals surface area (Å²) in [6.45, 7) is 1.37. The Kier molecular flexibility index (Phi) is 6.25. The number of alkyl halides is 3. The maximum atomic E-state index is 12.6. The molecular formula is C20H20F3N3O4S. The summed E-state index contributed by atoms with van der Waals surface area (Å²) in [6.07, 6.45) is 1.35. The fourth-order valence-corrected chi connectivity index (χ4v) is 4.06. The van der Waals surface area contributed by atoms with Gasteiger partial charge in [-0.3, -0.25) is 9.59 Å². The van der Waals surface area contributed by atoms with Gasteiger partial charge < -0.3 is 16.0 Å². The number of halogens is 3.